The third-order valence-electron chi connectivity index (χ3n) is 5.86. The van der Waals surface area contributed by atoms with E-state index in [-0.39, 0.29) is 17.8 Å². The van der Waals surface area contributed by atoms with E-state index in [0.29, 0.717) is 18.8 Å². The molecule has 0 spiro atoms. The number of carbonyl (C=O) groups is 1. The average Bonchev–Trinajstić information content (AvgIpc) is 3.36. The second kappa shape index (κ2) is 10.8. The van der Waals surface area contributed by atoms with Crippen molar-refractivity contribution in [1.29, 1.82) is 0 Å². The number of anilines is 1. The lowest BCUT2D eigenvalue weighted by Gasteiger charge is -2.29. The van der Waals surface area contributed by atoms with Crippen LogP contribution in [-0.4, -0.2) is 47.2 Å². The SMILES string of the molecule is COc1ccccc1C(CNC(=O)Nc1cccc(Cn2cccnc2=O)c1)N1CCCC1. The van der Waals surface area contributed by atoms with Crippen LogP contribution in [0.25, 0.3) is 0 Å². The number of hydrogen-bond donors (Lipinski definition) is 2. The van der Waals surface area contributed by atoms with Gasteiger partial charge < -0.3 is 15.4 Å². The van der Waals surface area contributed by atoms with Crippen molar-refractivity contribution in [3.05, 3.63) is 88.6 Å². The maximum atomic E-state index is 12.7. The summed E-state index contributed by atoms with van der Waals surface area (Å²) in [4.78, 5) is 30.7. The molecule has 1 aliphatic rings. The van der Waals surface area contributed by atoms with Crippen LogP contribution in [0.3, 0.4) is 0 Å². The Labute approximate surface area is 193 Å². The maximum Gasteiger partial charge on any atom is 0.347 e. The van der Waals surface area contributed by atoms with Gasteiger partial charge in [-0.3, -0.25) is 9.47 Å². The molecule has 2 heterocycles. The van der Waals surface area contributed by atoms with E-state index >= 15 is 0 Å². The number of likely N-dealkylation sites (tertiary alicyclic amines) is 1. The molecule has 0 radical (unpaired) electrons. The molecule has 3 aromatic rings. The van der Waals surface area contributed by atoms with Crippen LogP contribution in [0.1, 0.15) is 30.0 Å². The summed E-state index contributed by atoms with van der Waals surface area (Å²) >= 11 is 0. The average molecular weight is 448 g/mol. The van der Waals surface area contributed by atoms with Crippen molar-refractivity contribution in [3.8, 4) is 5.75 Å². The Kier molecular flexibility index (Phi) is 7.36. The Balaban J connectivity index is 1.41. The molecule has 2 N–H and O–H groups in total. The standard InChI is InChI=1S/C25H29N5O3/c1-33-23-11-3-2-10-21(23)22(29-13-4-5-14-29)17-27-24(31)28-20-9-6-8-19(16-20)18-30-15-7-12-26-25(30)32/h2-3,6-12,15-16,22H,4-5,13-14,17-18H2,1H3,(H2,27,28,31). The molecule has 1 aromatic heterocycles. The van der Waals surface area contributed by atoms with Crippen LogP contribution in [0.5, 0.6) is 5.75 Å². The minimum absolute atomic E-state index is 0.0400. The van der Waals surface area contributed by atoms with Crippen molar-refractivity contribution >= 4 is 11.7 Å². The van der Waals surface area contributed by atoms with Crippen molar-refractivity contribution < 1.29 is 9.53 Å². The number of nitrogens with zero attached hydrogens (tertiary/aromatic N) is 3. The summed E-state index contributed by atoms with van der Waals surface area (Å²) < 4.78 is 7.10. The Morgan fingerprint density at radius 2 is 1.94 bits per heavy atom. The number of para-hydroxylation sites is 1. The molecule has 1 fully saturated rings. The first-order valence-corrected chi connectivity index (χ1v) is 11.2. The molecule has 1 unspecified atom stereocenters. The van der Waals surface area contributed by atoms with Gasteiger partial charge in [-0.2, -0.15) is 0 Å². The molecule has 172 valence electrons. The minimum Gasteiger partial charge on any atom is -0.496 e. The van der Waals surface area contributed by atoms with Gasteiger partial charge in [-0.15, -0.1) is 0 Å². The van der Waals surface area contributed by atoms with E-state index in [1.807, 2.05) is 42.5 Å². The fourth-order valence-electron chi connectivity index (χ4n) is 4.25. The van der Waals surface area contributed by atoms with E-state index in [2.05, 4.69) is 26.6 Å². The number of amides is 2. The molecule has 4 rings (SSSR count). The number of nitrogens with one attached hydrogen (secondary N) is 2. The lowest BCUT2D eigenvalue weighted by atomic mass is 10.0. The van der Waals surface area contributed by atoms with Gasteiger partial charge in [0, 0.05) is 30.2 Å². The number of carbonyl (C=O) groups excluding carboxylic acids is 1. The van der Waals surface area contributed by atoms with E-state index in [4.69, 9.17) is 4.74 Å². The molecule has 0 aliphatic carbocycles. The minimum atomic E-state index is -0.308. The van der Waals surface area contributed by atoms with Gasteiger partial charge in [0.15, 0.2) is 0 Å². The van der Waals surface area contributed by atoms with E-state index in [1.165, 1.54) is 10.8 Å². The molecule has 0 saturated carbocycles. The van der Waals surface area contributed by atoms with Crippen LogP contribution in [0.15, 0.2) is 71.8 Å². The number of methoxy groups -OCH3 is 1. The second-order valence-electron chi connectivity index (χ2n) is 8.07. The van der Waals surface area contributed by atoms with E-state index in [9.17, 15) is 9.59 Å². The predicted octanol–water partition coefficient (Wildman–Crippen LogP) is 3.26. The lowest BCUT2D eigenvalue weighted by molar-refractivity contribution is 0.224. The summed E-state index contributed by atoms with van der Waals surface area (Å²) in [5.74, 6) is 0.829. The topological polar surface area (TPSA) is 88.5 Å². The zero-order valence-corrected chi connectivity index (χ0v) is 18.7. The lowest BCUT2D eigenvalue weighted by Crippen LogP contribution is -2.38. The Bertz CT molecular complexity index is 1140. The van der Waals surface area contributed by atoms with Crippen molar-refractivity contribution in [2.24, 2.45) is 0 Å². The quantitative estimate of drug-likeness (QED) is 0.553. The van der Waals surface area contributed by atoms with Crippen molar-refractivity contribution in [2.45, 2.75) is 25.4 Å². The van der Waals surface area contributed by atoms with Gasteiger partial charge in [0.05, 0.1) is 19.7 Å². The summed E-state index contributed by atoms with van der Waals surface area (Å²) in [7, 11) is 1.67. The molecule has 1 atom stereocenters. The first kappa shape index (κ1) is 22.5. The molecule has 0 bridgehead atoms. The molecule has 33 heavy (non-hydrogen) atoms. The highest BCUT2D eigenvalue weighted by Crippen LogP contribution is 2.31. The van der Waals surface area contributed by atoms with E-state index in [0.717, 1.165) is 42.8 Å². The predicted molar refractivity (Wildman–Crippen MR) is 128 cm³/mol. The highest BCUT2D eigenvalue weighted by molar-refractivity contribution is 5.89. The molecule has 8 heteroatoms. The Morgan fingerprint density at radius 3 is 2.73 bits per heavy atom. The number of hydrogen-bond acceptors (Lipinski definition) is 5. The van der Waals surface area contributed by atoms with E-state index < -0.39 is 0 Å². The summed E-state index contributed by atoms with van der Waals surface area (Å²) in [6.45, 7) is 2.86. The number of rotatable bonds is 8. The highest BCUT2D eigenvalue weighted by Gasteiger charge is 2.26. The van der Waals surface area contributed by atoms with Crippen LogP contribution < -0.4 is 21.1 Å². The molecule has 8 nitrogen and oxygen atoms in total. The zero-order chi connectivity index (χ0) is 23.0. The first-order chi connectivity index (χ1) is 16.1. The molecular formula is C25H29N5O3. The Hall–Kier alpha value is -3.65. The van der Waals surface area contributed by atoms with Crippen LogP contribution in [0, 0.1) is 0 Å². The van der Waals surface area contributed by atoms with E-state index in [1.54, 1.807) is 19.4 Å². The Morgan fingerprint density at radius 1 is 1.12 bits per heavy atom. The molecule has 2 amide bonds. The maximum absolute atomic E-state index is 12.7. The number of aromatic nitrogens is 2. The molecule has 1 aliphatic heterocycles. The summed E-state index contributed by atoms with van der Waals surface area (Å²) in [5, 5.41) is 5.93. The van der Waals surface area contributed by atoms with Gasteiger partial charge in [0.1, 0.15) is 5.75 Å². The third-order valence-corrected chi connectivity index (χ3v) is 5.86. The largest absolute Gasteiger partial charge is 0.496 e. The molecular weight excluding hydrogens is 418 g/mol. The number of ether oxygens (including phenoxy) is 1. The fraction of sp³-hybridized carbons (Fsp3) is 0.320. The second-order valence-corrected chi connectivity index (χ2v) is 8.07. The van der Waals surface area contributed by atoms with Crippen LogP contribution in [0.2, 0.25) is 0 Å². The monoisotopic (exact) mass is 447 g/mol. The summed E-state index contributed by atoms with van der Waals surface area (Å²) in [5.41, 5.74) is 2.33. The van der Waals surface area contributed by atoms with Gasteiger partial charge in [-0.05, 0) is 55.8 Å². The molecule has 2 aromatic carbocycles. The highest BCUT2D eigenvalue weighted by atomic mass is 16.5. The molecule has 1 saturated heterocycles. The number of urea groups is 1. The number of benzene rings is 2. The normalized spacial score (nSPS) is 14.6. The van der Waals surface area contributed by atoms with Gasteiger partial charge in [-0.25, -0.2) is 14.6 Å². The van der Waals surface area contributed by atoms with Crippen molar-refractivity contribution in [3.63, 3.8) is 0 Å². The third kappa shape index (κ3) is 5.78. The zero-order valence-electron chi connectivity index (χ0n) is 18.7. The fourth-order valence-corrected chi connectivity index (χ4v) is 4.25. The smallest absolute Gasteiger partial charge is 0.347 e. The van der Waals surface area contributed by atoms with Crippen LogP contribution in [-0.2, 0) is 6.54 Å². The van der Waals surface area contributed by atoms with Gasteiger partial charge in [0.25, 0.3) is 0 Å². The van der Waals surface area contributed by atoms with Crippen LogP contribution in [0.4, 0.5) is 10.5 Å². The van der Waals surface area contributed by atoms with Crippen molar-refractivity contribution in [1.82, 2.24) is 19.8 Å². The van der Waals surface area contributed by atoms with Crippen molar-refractivity contribution in [2.75, 3.05) is 32.1 Å². The van der Waals surface area contributed by atoms with Gasteiger partial charge in [-0.1, -0.05) is 30.3 Å². The van der Waals surface area contributed by atoms with Crippen LogP contribution >= 0.6 is 0 Å². The first-order valence-electron chi connectivity index (χ1n) is 11.2. The van der Waals surface area contributed by atoms with Gasteiger partial charge in [0.2, 0.25) is 0 Å². The summed E-state index contributed by atoms with van der Waals surface area (Å²) in [6.07, 6.45) is 5.48. The van der Waals surface area contributed by atoms with Gasteiger partial charge >= 0.3 is 11.7 Å². The summed E-state index contributed by atoms with van der Waals surface area (Å²) in [6, 6.07) is 16.9.